The van der Waals surface area contributed by atoms with Crippen molar-refractivity contribution in [1.29, 1.82) is 0 Å². The molecule has 1 aromatic rings. The molecule has 0 aliphatic carbocycles. The van der Waals surface area contributed by atoms with Crippen LogP contribution in [0.4, 0.5) is 0 Å². The largest absolute Gasteiger partial charge is 0.345 e. The van der Waals surface area contributed by atoms with E-state index in [1.165, 1.54) is 12.3 Å². The normalized spacial score (nSPS) is 11.5. The highest BCUT2D eigenvalue weighted by Crippen LogP contribution is 2.35. The molecule has 0 aliphatic rings. The lowest BCUT2D eigenvalue weighted by Gasteiger charge is -2.08. The lowest BCUT2D eigenvalue weighted by Crippen LogP contribution is -2.15. The molecule has 1 aromatic heterocycles. The first-order valence-corrected chi connectivity index (χ1v) is 3.76. The Bertz CT molecular complexity index is 303. The molecule has 3 nitrogen and oxygen atoms in total. The van der Waals surface area contributed by atoms with E-state index in [2.05, 4.69) is 9.97 Å². The molecule has 6 heteroatoms. The van der Waals surface area contributed by atoms with Gasteiger partial charge in [0, 0.05) is 6.20 Å². The van der Waals surface area contributed by atoms with Gasteiger partial charge in [-0.1, -0.05) is 34.8 Å². The molecule has 1 N–H and O–H groups in total. The van der Waals surface area contributed by atoms with Crippen LogP contribution in [0.25, 0.3) is 0 Å². The average molecular weight is 213 g/mol. The van der Waals surface area contributed by atoms with E-state index in [0.717, 1.165) is 0 Å². The Hall–Kier alpha value is -0.250. The maximum Gasteiger partial charge on any atom is 0.345 e. The molecule has 60 valence electrons. The first kappa shape index (κ1) is 8.84. The van der Waals surface area contributed by atoms with Crippen LogP contribution in [0.2, 0.25) is 0 Å². The molecule has 0 bridgehead atoms. The van der Waals surface area contributed by atoms with Gasteiger partial charge < -0.3 is 4.98 Å². The van der Waals surface area contributed by atoms with Gasteiger partial charge in [-0.25, -0.2) is 9.78 Å². The lowest BCUT2D eigenvalue weighted by molar-refractivity contribution is 0.978. The van der Waals surface area contributed by atoms with E-state index in [9.17, 15) is 4.79 Å². The van der Waals surface area contributed by atoms with Crippen LogP contribution in [0.3, 0.4) is 0 Å². The third-order valence-electron chi connectivity index (χ3n) is 0.980. The van der Waals surface area contributed by atoms with E-state index in [1.807, 2.05) is 0 Å². The summed E-state index contributed by atoms with van der Waals surface area (Å²) in [6.07, 6.45) is 1.27. The summed E-state index contributed by atoms with van der Waals surface area (Å²) in [5.74, 6) is 0. The van der Waals surface area contributed by atoms with E-state index in [-0.39, 0.29) is 5.69 Å². The monoisotopic (exact) mass is 212 g/mol. The summed E-state index contributed by atoms with van der Waals surface area (Å²) in [5.41, 5.74) is -0.323. The topological polar surface area (TPSA) is 45.8 Å². The van der Waals surface area contributed by atoms with Crippen molar-refractivity contribution in [3.05, 3.63) is 28.4 Å². The summed E-state index contributed by atoms with van der Waals surface area (Å²) < 4.78 is -1.60. The van der Waals surface area contributed by atoms with Crippen molar-refractivity contribution in [2.24, 2.45) is 0 Å². The molecule has 0 aliphatic heterocycles. The molecule has 1 rings (SSSR count). The van der Waals surface area contributed by atoms with Gasteiger partial charge in [0.1, 0.15) is 0 Å². The molecule has 0 atom stereocenters. The quantitative estimate of drug-likeness (QED) is 0.665. The second-order valence-electron chi connectivity index (χ2n) is 1.79. The van der Waals surface area contributed by atoms with Crippen molar-refractivity contribution in [1.82, 2.24) is 9.97 Å². The molecule has 11 heavy (non-hydrogen) atoms. The highest BCUT2D eigenvalue weighted by molar-refractivity contribution is 6.66. The molecule has 0 amide bonds. The second-order valence-corrected chi connectivity index (χ2v) is 4.07. The Morgan fingerprint density at radius 1 is 1.45 bits per heavy atom. The highest BCUT2D eigenvalue weighted by Gasteiger charge is 2.23. The third kappa shape index (κ3) is 2.36. The van der Waals surface area contributed by atoms with Gasteiger partial charge >= 0.3 is 5.69 Å². The van der Waals surface area contributed by atoms with Crippen molar-refractivity contribution >= 4 is 34.8 Å². The molecule has 0 aromatic carbocycles. The van der Waals surface area contributed by atoms with E-state index in [0.29, 0.717) is 0 Å². The van der Waals surface area contributed by atoms with Gasteiger partial charge in [0.05, 0.1) is 5.69 Å². The third-order valence-corrected chi connectivity index (χ3v) is 1.59. The van der Waals surface area contributed by atoms with Crippen LogP contribution in [-0.2, 0) is 3.79 Å². The standard InChI is InChI=1S/C5H3Cl3N2O/c6-5(7,8)3-1-2-9-4(11)10-3/h1-2H,(H,9,10,11). The van der Waals surface area contributed by atoms with E-state index in [4.69, 9.17) is 34.8 Å². The second kappa shape index (κ2) is 3.01. The highest BCUT2D eigenvalue weighted by atomic mass is 35.6. The van der Waals surface area contributed by atoms with Crippen LogP contribution in [-0.4, -0.2) is 9.97 Å². The fraction of sp³-hybridized carbons (Fsp3) is 0.200. The van der Waals surface area contributed by atoms with Crippen molar-refractivity contribution in [3.8, 4) is 0 Å². The Morgan fingerprint density at radius 3 is 2.45 bits per heavy atom. The van der Waals surface area contributed by atoms with Crippen molar-refractivity contribution in [3.63, 3.8) is 0 Å². The Morgan fingerprint density at radius 2 is 2.09 bits per heavy atom. The van der Waals surface area contributed by atoms with Gasteiger partial charge in [-0.3, -0.25) is 0 Å². The van der Waals surface area contributed by atoms with Gasteiger partial charge in [-0.15, -0.1) is 0 Å². The lowest BCUT2D eigenvalue weighted by atomic mass is 10.4. The Balaban J connectivity index is 3.16. The van der Waals surface area contributed by atoms with Crippen LogP contribution in [0.5, 0.6) is 0 Å². The summed E-state index contributed by atoms with van der Waals surface area (Å²) in [6, 6.07) is 1.42. The molecule has 0 radical (unpaired) electrons. The van der Waals surface area contributed by atoms with Gasteiger partial charge in [0.2, 0.25) is 3.79 Å². The fourth-order valence-corrected chi connectivity index (χ4v) is 0.865. The van der Waals surface area contributed by atoms with Crippen LogP contribution >= 0.6 is 34.8 Å². The number of aromatic nitrogens is 2. The van der Waals surface area contributed by atoms with Crippen LogP contribution in [0.15, 0.2) is 17.1 Å². The van der Waals surface area contributed by atoms with Gasteiger partial charge in [0.25, 0.3) is 0 Å². The van der Waals surface area contributed by atoms with Crippen LogP contribution in [0, 0.1) is 0 Å². The predicted octanol–water partition coefficient (Wildman–Crippen LogP) is 1.60. The molecular formula is C5H3Cl3N2O. The number of alkyl halides is 3. The first-order valence-electron chi connectivity index (χ1n) is 2.62. The van der Waals surface area contributed by atoms with Gasteiger partial charge in [0.15, 0.2) is 0 Å². The number of hydrogen-bond donors (Lipinski definition) is 1. The van der Waals surface area contributed by atoms with Crippen LogP contribution in [0.1, 0.15) is 5.69 Å². The number of nitrogens with zero attached hydrogens (tertiary/aromatic N) is 1. The first-order chi connectivity index (χ1) is 5.00. The van der Waals surface area contributed by atoms with Gasteiger partial charge in [-0.05, 0) is 6.07 Å². The molecule has 0 spiro atoms. The molecule has 0 saturated heterocycles. The Kier molecular flexibility index (Phi) is 2.42. The molecule has 0 unspecified atom stereocenters. The van der Waals surface area contributed by atoms with E-state index >= 15 is 0 Å². The minimum Gasteiger partial charge on any atom is -0.306 e. The number of halogens is 3. The summed E-state index contributed by atoms with van der Waals surface area (Å²) >= 11 is 16.4. The number of aromatic amines is 1. The summed E-state index contributed by atoms with van der Waals surface area (Å²) in [4.78, 5) is 16.2. The molecule has 0 fully saturated rings. The average Bonchev–Trinajstić information content (AvgIpc) is 1.86. The van der Waals surface area contributed by atoms with E-state index < -0.39 is 9.48 Å². The number of hydrogen-bond acceptors (Lipinski definition) is 2. The number of rotatable bonds is 0. The molecule has 1 heterocycles. The Labute approximate surface area is 77.3 Å². The smallest absolute Gasteiger partial charge is 0.306 e. The number of nitrogens with one attached hydrogen (secondary N) is 1. The van der Waals surface area contributed by atoms with Crippen molar-refractivity contribution < 1.29 is 0 Å². The minimum absolute atomic E-state index is 0.211. The molecule has 0 saturated carbocycles. The minimum atomic E-state index is -1.60. The summed E-state index contributed by atoms with van der Waals surface area (Å²) in [6.45, 7) is 0. The van der Waals surface area contributed by atoms with E-state index in [1.54, 1.807) is 0 Å². The van der Waals surface area contributed by atoms with Crippen LogP contribution < -0.4 is 5.69 Å². The summed E-state index contributed by atoms with van der Waals surface area (Å²) in [5, 5.41) is 0. The maximum atomic E-state index is 10.6. The van der Waals surface area contributed by atoms with Gasteiger partial charge in [-0.2, -0.15) is 0 Å². The van der Waals surface area contributed by atoms with Crippen molar-refractivity contribution in [2.75, 3.05) is 0 Å². The zero-order valence-corrected chi connectivity index (χ0v) is 7.41. The summed E-state index contributed by atoms with van der Waals surface area (Å²) in [7, 11) is 0. The maximum absolute atomic E-state index is 10.6. The van der Waals surface area contributed by atoms with Crippen molar-refractivity contribution in [2.45, 2.75) is 3.79 Å². The fourth-order valence-electron chi connectivity index (χ4n) is 0.534. The molecular weight excluding hydrogens is 210 g/mol. The predicted molar refractivity (Wildman–Crippen MR) is 44.1 cm³/mol. The zero-order valence-electron chi connectivity index (χ0n) is 5.14. The zero-order chi connectivity index (χ0) is 8.48. The number of H-pyrrole nitrogens is 1. The SMILES string of the molecule is O=c1nccc(C(Cl)(Cl)Cl)[nH]1.